The Kier molecular flexibility index (Phi) is 6.50. The summed E-state index contributed by atoms with van der Waals surface area (Å²) in [4.78, 5) is 0. The third-order valence-electron chi connectivity index (χ3n) is 7.39. The Morgan fingerprint density at radius 3 is 2.41 bits per heavy atom. The molecule has 0 unspecified atom stereocenters. The third kappa shape index (κ3) is 4.02. The number of fused-ring (bicyclic) bond motifs is 1. The van der Waals surface area contributed by atoms with E-state index >= 15 is 0 Å². The number of rotatable bonds is 4. The summed E-state index contributed by atoms with van der Waals surface area (Å²) in [5.41, 5.74) is -0.497. The van der Waals surface area contributed by atoms with Crippen molar-refractivity contribution in [1.29, 1.82) is 0 Å². The summed E-state index contributed by atoms with van der Waals surface area (Å²) in [6.45, 7) is 6.88. The number of aliphatic hydroxyl groups is 6. The topological polar surface area (TPSA) is 140 Å². The molecular weight excluding hydrogens is 380 g/mol. The van der Waals surface area contributed by atoms with Gasteiger partial charge in [0.25, 0.3) is 0 Å². The van der Waals surface area contributed by atoms with E-state index in [9.17, 15) is 30.6 Å². The smallest absolute Gasteiger partial charge is 0.187 e. The van der Waals surface area contributed by atoms with Crippen LogP contribution in [-0.4, -0.2) is 85.8 Å². The summed E-state index contributed by atoms with van der Waals surface area (Å²) in [6.07, 6.45) is -4.15. The Bertz CT molecular complexity index is 614. The molecule has 0 bridgehead atoms. The van der Waals surface area contributed by atoms with Crippen LogP contribution in [0.2, 0.25) is 0 Å². The summed E-state index contributed by atoms with van der Waals surface area (Å²) in [5, 5.41) is 61.7. The van der Waals surface area contributed by atoms with E-state index in [2.05, 4.69) is 0 Å². The molecule has 0 amide bonds. The van der Waals surface area contributed by atoms with Gasteiger partial charge >= 0.3 is 0 Å². The minimum Gasteiger partial charge on any atom is -0.394 e. The highest BCUT2D eigenvalue weighted by molar-refractivity contribution is 5.21. The Labute approximate surface area is 171 Å². The van der Waals surface area contributed by atoms with Crippen LogP contribution < -0.4 is 0 Å². The highest BCUT2D eigenvalue weighted by Gasteiger charge is 2.57. The fraction of sp³-hybridized carbons (Fsp3) is 0.905. The van der Waals surface area contributed by atoms with Gasteiger partial charge in [-0.15, -0.1) is 0 Å². The largest absolute Gasteiger partial charge is 0.394 e. The van der Waals surface area contributed by atoms with E-state index in [1.54, 1.807) is 13.8 Å². The fourth-order valence-electron chi connectivity index (χ4n) is 5.50. The lowest BCUT2D eigenvalue weighted by Gasteiger charge is -2.56. The number of aliphatic hydroxyl groups excluding tert-OH is 5. The van der Waals surface area contributed by atoms with Crippen molar-refractivity contribution in [2.45, 2.75) is 95.5 Å². The van der Waals surface area contributed by atoms with Gasteiger partial charge in [0.15, 0.2) is 6.29 Å². The van der Waals surface area contributed by atoms with E-state index in [-0.39, 0.29) is 11.8 Å². The normalized spacial score (nSPS) is 48.8. The van der Waals surface area contributed by atoms with Crippen LogP contribution >= 0.6 is 0 Å². The third-order valence-corrected chi connectivity index (χ3v) is 7.39. The van der Waals surface area contributed by atoms with Crippen LogP contribution in [0, 0.1) is 17.3 Å². The maximum atomic E-state index is 10.8. The van der Waals surface area contributed by atoms with Crippen LogP contribution in [0.25, 0.3) is 0 Å². The molecule has 1 heterocycles. The van der Waals surface area contributed by atoms with Gasteiger partial charge in [0.1, 0.15) is 24.4 Å². The molecule has 1 saturated heterocycles. The average Bonchev–Trinajstić information content (AvgIpc) is 2.64. The molecule has 8 nitrogen and oxygen atoms in total. The second-order valence-corrected chi connectivity index (χ2v) is 9.78. The van der Waals surface area contributed by atoms with Crippen LogP contribution in [-0.2, 0) is 9.47 Å². The minimum absolute atomic E-state index is 0.219. The first kappa shape index (κ1) is 23.1. The zero-order valence-corrected chi connectivity index (χ0v) is 17.6. The molecule has 1 aliphatic heterocycles. The molecule has 0 radical (unpaired) electrons. The number of hydrogen-bond acceptors (Lipinski definition) is 8. The Balaban J connectivity index is 1.95. The SMILES string of the molecule is CC1=CC[C@@H](O)[C@]2(C)CC[C@@H](C(C)(C)O)[C@@H](O[C@@H]3O[C@H](CO)[C@@H](O)[C@H](O)[C@H]3O)[C@H]12. The van der Waals surface area contributed by atoms with Crippen LogP contribution in [0.3, 0.4) is 0 Å². The number of ether oxygens (including phenoxy) is 2. The molecule has 168 valence electrons. The Morgan fingerprint density at radius 1 is 1.17 bits per heavy atom. The van der Waals surface area contributed by atoms with Crippen LogP contribution in [0.1, 0.15) is 47.0 Å². The van der Waals surface area contributed by atoms with Crippen molar-refractivity contribution in [2.75, 3.05) is 6.61 Å². The van der Waals surface area contributed by atoms with E-state index < -0.39 is 60.5 Å². The molecule has 3 aliphatic rings. The molecule has 2 aliphatic carbocycles. The van der Waals surface area contributed by atoms with Crippen molar-refractivity contribution >= 4 is 0 Å². The molecule has 0 aromatic heterocycles. The van der Waals surface area contributed by atoms with Gasteiger partial charge in [-0.05, 0) is 40.0 Å². The van der Waals surface area contributed by atoms with Crippen LogP contribution in [0.15, 0.2) is 11.6 Å². The molecule has 29 heavy (non-hydrogen) atoms. The first-order valence-electron chi connectivity index (χ1n) is 10.4. The molecule has 2 fully saturated rings. The van der Waals surface area contributed by atoms with Gasteiger partial charge in [-0.3, -0.25) is 0 Å². The highest BCUT2D eigenvalue weighted by Crippen LogP contribution is 2.55. The second-order valence-electron chi connectivity index (χ2n) is 9.78. The van der Waals surface area contributed by atoms with Gasteiger partial charge in [0.2, 0.25) is 0 Å². The summed E-state index contributed by atoms with van der Waals surface area (Å²) < 4.78 is 11.8. The van der Waals surface area contributed by atoms with Crippen LogP contribution in [0.5, 0.6) is 0 Å². The molecule has 10 atom stereocenters. The molecule has 3 rings (SSSR count). The fourth-order valence-corrected chi connectivity index (χ4v) is 5.50. The maximum Gasteiger partial charge on any atom is 0.187 e. The van der Waals surface area contributed by atoms with Gasteiger partial charge in [0.05, 0.1) is 24.4 Å². The van der Waals surface area contributed by atoms with E-state index in [0.717, 1.165) is 5.57 Å². The summed E-state index contributed by atoms with van der Waals surface area (Å²) in [7, 11) is 0. The van der Waals surface area contributed by atoms with Gasteiger partial charge in [-0.25, -0.2) is 0 Å². The standard InChI is InChI=1S/C21H36O8/c1-10-5-6-13(23)21(4)8-7-11(20(2,3)27)18(14(10)21)29-19-17(26)16(25)15(24)12(9-22)28-19/h5,11-19,22-27H,6-9H2,1-4H3/t11-,12-,13-,14+,15-,16+,17-,18-,19+,21+/m1/s1. The van der Waals surface area contributed by atoms with E-state index in [1.807, 2.05) is 19.9 Å². The Morgan fingerprint density at radius 2 is 1.83 bits per heavy atom. The average molecular weight is 417 g/mol. The molecule has 8 heteroatoms. The molecule has 0 aromatic carbocycles. The van der Waals surface area contributed by atoms with Crippen molar-refractivity contribution < 1.29 is 40.1 Å². The van der Waals surface area contributed by atoms with Gasteiger partial charge in [-0.2, -0.15) is 0 Å². The van der Waals surface area contributed by atoms with E-state index in [4.69, 9.17) is 9.47 Å². The lowest BCUT2D eigenvalue weighted by molar-refractivity contribution is -0.329. The number of hydrogen-bond donors (Lipinski definition) is 6. The van der Waals surface area contributed by atoms with Crippen molar-refractivity contribution in [2.24, 2.45) is 17.3 Å². The summed E-state index contributed by atoms with van der Waals surface area (Å²) in [6, 6.07) is 0. The quantitative estimate of drug-likeness (QED) is 0.343. The summed E-state index contributed by atoms with van der Waals surface area (Å²) >= 11 is 0. The van der Waals surface area contributed by atoms with Crippen molar-refractivity contribution in [3.8, 4) is 0 Å². The summed E-state index contributed by atoms with van der Waals surface area (Å²) in [5.74, 6) is -0.523. The zero-order valence-electron chi connectivity index (χ0n) is 17.6. The lowest BCUT2D eigenvalue weighted by atomic mass is 9.54. The van der Waals surface area contributed by atoms with Crippen LogP contribution in [0.4, 0.5) is 0 Å². The molecule has 6 N–H and O–H groups in total. The monoisotopic (exact) mass is 416 g/mol. The minimum atomic E-state index is -1.53. The molecule has 0 aromatic rings. The zero-order chi connectivity index (χ0) is 21.7. The molecule has 0 spiro atoms. The van der Waals surface area contributed by atoms with Crippen molar-refractivity contribution in [1.82, 2.24) is 0 Å². The van der Waals surface area contributed by atoms with Gasteiger partial charge < -0.3 is 40.1 Å². The first-order valence-corrected chi connectivity index (χ1v) is 10.4. The second kappa shape index (κ2) is 8.16. The lowest BCUT2D eigenvalue weighted by Crippen LogP contribution is -2.63. The predicted molar refractivity (Wildman–Crippen MR) is 104 cm³/mol. The van der Waals surface area contributed by atoms with E-state index in [1.165, 1.54) is 0 Å². The van der Waals surface area contributed by atoms with E-state index in [0.29, 0.717) is 19.3 Å². The highest BCUT2D eigenvalue weighted by atomic mass is 16.7. The van der Waals surface area contributed by atoms with Crippen molar-refractivity contribution in [3.05, 3.63) is 11.6 Å². The maximum absolute atomic E-state index is 10.8. The molecular formula is C21H36O8. The van der Waals surface area contributed by atoms with Crippen molar-refractivity contribution in [3.63, 3.8) is 0 Å². The Hall–Kier alpha value is -0.580. The predicted octanol–water partition coefficient (Wildman–Crippen LogP) is -0.314. The molecule has 1 saturated carbocycles. The first-order chi connectivity index (χ1) is 13.4. The van der Waals surface area contributed by atoms with Gasteiger partial charge in [0, 0.05) is 17.3 Å². The van der Waals surface area contributed by atoms with Gasteiger partial charge in [-0.1, -0.05) is 18.6 Å².